The van der Waals surface area contributed by atoms with Crippen molar-refractivity contribution in [1.29, 1.82) is 0 Å². The molecule has 0 radical (unpaired) electrons. The van der Waals surface area contributed by atoms with Crippen LogP contribution in [0.15, 0.2) is 28.1 Å². The number of hydrogen-bond acceptors (Lipinski definition) is 7. The van der Waals surface area contributed by atoms with Crippen molar-refractivity contribution >= 4 is 17.9 Å². The second kappa shape index (κ2) is 8.47. The highest BCUT2D eigenvalue weighted by Crippen LogP contribution is 2.34. The van der Waals surface area contributed by atoms with Gasteiger partial charge in [-0.3, -0.25) is 14.3 Å². The first-order valence-corrected chi connectivity index (χ1v) is 9.51. The Labute approximate surface area is 167 Å². The molecule has 9 heteroatoms. The maximum atomic E-state index is 12.5. The molecule has 0 fully saturated rings. The summed E-state index contributed by atoms with van der Waals surface area (Å²) in [4.78, 5) is 15.1. The first-order chi connectivity index (χ1) is 13.5. The maximum Gasteiger partial charge on any atom is 0.264 e. The van der Waals surface area contributed by atoms with E-state index < -0.39 is 5.56 Å². The number of aromatic hydroxyl groups is 1. The fourth-order valence-corrected chi connectivity index (χ4v) is 3.50. The number of benzene rings is 1. The van der Waals surface area contributed by atoms with E-state index in [1.807, 2.05) is 19.1 Å². The third kappa shape index (κ3) is 3.75. The Balaban J connectivity index is 1.92. The summed E-state index contributed by atoms with van der Waals surface area (Å²) in [6.07, 6.45) is 2.20. The molecule has 0 saturated heterocycles. The average molecular weight is 404 g/mol. The molecular weight excluding hydrogens is 380 g/mol. The minimum atomic E-state index is -0.446. The molecule has 0 saturated carbocycles. The molecule has 1 aromatic heterocycles. The van der Waals surface area contributed by atoms with Crippen LogP contribution >= 0.6 is 12.2 Å². The Morgan fingerprint density at radius 1 is 1.36 bits per heavy atom. The Kier molecular flexibility index (Phi) is 6.03. The fraction of sp³-hybridized carbons (Fsp3) is 0.421. The van der Waals surface area contributed by atoms with Crippen molar-refractivity contribution in [2.24, 2.45) is 5.10 Å². The van der Waals surface area contributed by atoms with Gasteiger partial charge in [-0.15, -0.1) is 0 Å². The summed E-state index contributed by atoms with van der Waals surface area (Å²) >= 11 is 5.19. The second-order valence-corrected chi connectivity index (χ2v) is 6.90. The molecule has 2 aromatic rings. The third-order valence-corrected chi connectivity index (χ3v) is 5.09. The fourth-order valence-electron chi connectivity index (χ4n) is 3.23. The van der Waals surface area contributed by atoms with Crippen LogP contribution < -0.4 is 20.5 Å². The van der Waals surface area contributed by atoms with E-state index in [-0.39, 0.29) is 22.3 Å². The summed E-state index contributed by atoms with van der Waals surface area (Å²) in [5.41, 5.74) is 4.09. The molecule has 8 nitrogen and oxygen atoms in total. The Morgan fingerprint density at radius 2 is 2.14 bits per heavy atom. The minimum Gasteiger partial charge on any atom is -0.497 e. The Bertz CT molecular complexity index is 1010. The highest BCUT2D eigenvalue weighted by atomic mass is 32.1. The van der Waals surface area contributed by atoms with Gasteiger partial charge in [-0.1, -0.05) is 13.3 Å². The smallest absolute Gasteiger partial charge is 0.264 e. The first kappa shape index (κ1) is 19.9. The van der Waals surface area contributed by atoms with Crippen LogP contribution in [0, 0.1) is 4.77 Å². The molecule has 0 aliphatic carbocycles. The summed E-state index contributed by atoms with van der Waals surface area (Å²) < 4.78 is 12.4. The molecule has 0 bridgehead atoms. The number of hydrogen-bond donors (Lipinski definition) is 3. The van der Waals surface area contributed by atoms with Crippen LogP contribution in [0.3, 0.4) is 0 Å². The summed E-state index contributed by atoms with van der Waals surface area (Å²) in [5.74, 6) is 1.20. The summed E-state index contributed by atoms with van der Waals surface area (Å²) in [6, 6.07) is 5.34. The van der Waals surface area contributed by atoms with Crippen LogP contribution in [0.1, 0.15) is 43.4 Å². The van der Waals surface area contributed by atoms with Crippen LogP contribution in [-0.2, 0) is 6.54 Å². The van der Waals surface area contributed by atoms with Gasteiger partial charge in [-0.05, 0) is 30.8 Å². The van der Waals surface area contributed by atoms with Gasteiger partial charge in [-0.25, -0.2) is 0 Å². The number of methoxy groups -OCH3 is 2. The van der Waals surface area contributed by atoms with Crippen LogP contribution in [0.2, 0.25) is 0 Å². The van der Waals surface area contributed by atoms with E-state index in [4.69, 9.17) is 21.7 Å². The molecule has 3 N–H and O–H groups in total. The van der Waals surface area contributed by atoms with Gasteiger partial charge < -0.3 is 20.0 Å². The zero-order valence-electron chi connectivity index (χ0n) is 16.1. The Hall–Kier alpha value is -2.81. The second-order valence-electron chi connectivity index (χ2n) is 6.52. The lowest BCUT2D eigenvalue weighted by atomic mass is 9.99. The number of ether oxygens (including phenoxy) is 2. The van der Waals surface area contributed by atoms with E-state index in [0.29, 0.717) is 30.2 Å². The summed E-state index contributed by atoms with van der Waals surface area (Å²) in [5, 5.41) is 15.0. The van der Waals surface area contributed by atoms with Crippen LogP contribution in [0.4, 0.5) is 0 Å². The van der Waals surface area contributed by atoms with Crippen molar-refractivity contribution in [1.82, 2.24) is 15.0 Å². The normalized spacial score (nSPS) is 15.8. The van der Waals surface area contributed by atoms with Gasteiger partial charge in [0.2, 0.25) is 5.88 Å². The van der Waals surface area contributed by atoms with Crippen LogP contribution in [0.25, 0.3) is 0 Å². The SMILES string of the molecule is CCCCn1c(O)c(C2=NNC(c3ccc(OC)cc3OC)C2)c(=O)[nH]c1=S. The van der Waals surface area contributed by atoms with Crippen LogP contribution in [0.5, 0.6) is 17.4 Å². The largest absolute Gasteiger partial charge is 0.497 e. The summed E-state index contributed by atoms with van der Waals surface area (Å²) in [7, 11) is 3.18. The highest BCUT2D eigenvalue weighted by molar-refractivity contribution is 7.71. The molecule has 0 spiro atoms. The number of H-pyrrole nitrogens is 1. The Morgan fingerprint density at radius 3 is 2.82 bits per heavy atom. The number of nitrogens with one attached hydrogen (secondary N) is 2. The molecule has 1 aromatic carbocycles. The molecule has 1 unspecified atom stereocenters. The van der Waals surface area contributed by atoms with E-state index in [0.717, 1.165) is 18.4 Å². The maximum absolute atomic E-state index is 12.5. The molecular formula is C19H24N4O4S. The third-order valence-electron chi connectivity index (χ3n) is 4.76. The standard InChI is InChI=1S/C19H24N4O4S/c1-4-5-8-23-18(25)16(17(24)20-19(23)28)14-10-13(21-22-14)12-7-6-11(26-2)9-15(12)27-3/h6-7,9,13,21,25H,4-5,8,10H2,1-3H3,(H,20,24,28). The molecule has 1 atom stereocenters. The van der Waals surface area contributed by atoms with Gasteiger partial charge in [0.1, 0.15) is 17.1 Å². The molecule has 1 aliphatic heterocycles. The lowest BCUT2D eigenvalue weighted by molar-refractivity contribution is 0.386. The zero-order valence-corrected chi connectivity index (χ0v) is 16.9. The number of aromatic amines is 1. The summed E-state index contributed by atoms with van der Waals surface area (Å²) in [6.45, 7) is 2.58. The van der Waals surface area contributed by atoms with Gasteiger partial charge in [0.05, 0.1) is 26.0 Å². The molecule has 150 valence electrons. The van der Waals surface area contributed by atoms with Crippen molar-refractivity contribution in [3.8, 4) is 17.4 Å². The number of rotatable bonds is 7. The van der Waals surface area contributed by atoms with Crippen molar-refractivity contribution in [2.45, 2.75) is 38.8 Å². The number of aromatic nitrogens is 2. The van der Waals surface area contributed by atoms with E-state index >= 15 is 0 Å². The van der Waals surface area contributed by atoms with Crippen molar-refractivity contribution in [3.63, 3.8) is 0 Å². The molecule has 28 heavy (non-hydrogen) atoms. The lowest BCUT2D eigenvalue weighted by Gasteiger charge is -2.16. The zero-order chi connectivity index (χ0) is 20.3. The monoisotopic (exact) mass is 404 g/mol. The minimum absolute atomic E-state index is 0.146. The number of unbranched alkanes of at least 4 members (excludes halogenated alkanes) is 1. The highest BCUT2D eigenvalue weighted by Gasteiger charge is 2.28. The number of nitrogens with zero attached hydrogens (tertiary/aromatic N) is 2. The van der Waals surface area contributed by atoms with E-state index in [1.165, 1.54) is 0 Å². The van der Waals surface area contributed by atoms with Gasteiger partial charge in [0.25, 0.3) is 5.56 Å². The van der Waals surface area contributed by atoms with E-state index in [1.54, 1.807) is 24.9 Å². The van der Waals surface area contributed by atoms with Crippen molar-refractivity contribution in [2.75, 3.05) is 14.2 Å². The molecule has 1 aliphatic rings. The molecule has 3 rings (SSSR count). The van der Waals surface area contributed by atoms with Crippen LogP contribution in [-0.4, -0.2) is 34.6 Å². The molecule has 2 heterocycles. The predicted molar refractivity (Wildman–Crippen MR) is 109 cm³/mol. The van der Waals surface area contributed by atoms with Gasteiger partial charge >= 0.3 is 0 Å². The topological polar surface area (TPSA) is 101 Å². The van der Waals surface area contributed by atoms with Gasteiger partial charge in [0.15, 0.2) is 4.77 Å². The average Bonchev–Trinajstić information content (AvgIpc) is 3.16. The predicted octanol–water partition coefficient (Wildman–Crippen LogP) is 2.87. The van der Waals surface area contributed by atoms with Gasteiger partial charge in [-0.2, -0.15) is 5.10 Å². The number of hydrazone groups is 1. The lowest BCUT2D eigenvalue weighted by Crippen LogP contribution is -2.23. The van der Waals surface area contributed by atoms with E-state index in [2.05, 4.69) is 15.5 Å². The first-order valence-electron chi connectivity index (χ1n) is 9.10. The van der Waals surface area contributed by atoms with Crippen molar-refractivity contribution in [3.05, 3.63) is 44.5 Å². The van der Waals surface area contributed by atoms with E-state index in [9.17, 15) is 9.90 Å². The quantitative estimate of drug-likeness (QED) is 0.614. The van der Waals surface area contributed by atoms with Gasteiger partial charge in [0, 0.05) is 24.6 Å². The van der Waals surface area contributed by atoms with Crippen molar-refractivity contribution < 1.29 is 14.6 Å². The molecule has 0 amide bonds.